The molecule has 0 radical (unpaired) electrons. The Bertz CT molecular complexity index is 719. The number of benzene rings is 2. The van der Waals surface area contributed by atoms with Crippen molar-refractivity contribution in [2.75, 3.05) is 4.72 Å². The number of sulfonamides is 1. The molecule has 0 unspecified atom stereocenters. The van der Waals surface area contributed by atoms with E-state index in [1.807, 2.05) is 0 Å². The van der Waals surface area contributed by atoms with Crippen molar-refractivity contribution < 1.29 is 8.42 Å². The molecule has 0 spiro atoms. The van der Waals surface area contributed by atoms with Crippen molar-refractivity contribution in [3.8, 4) is 0 Å². The molecular weight excluding hydrogens is 373 g/mol. The smallest absolute Gasteiger partial charge is 0.263 e. The molecule has 0 bridgehead atoms. The normalized spacial score (nSPS) is 11.3. The van der Waals surface area contributed by atoms with Crippen LogP contribution in [0.5, 0.6) is 0 Å². The van der Waals surface area contributed by atoms with Gasteiger partial charge in [0.25, 0.3) is 10.0 Å². The lowest BCUT2D eigenvalue weighted by Crippen LogP contribution is -2.13. The van der Waals surface area contributed by atoms with Gasteiger partial charge in [0.15, 0.2) is 0 Å². The summed E-state index contributed by atoms with van der Waals surface area (Å²) in [7, 11) is -3.75. The van der Waals surface area contributed by atoms with E-state index in [-0.39, 0.29) is 9.92 Å². The number of hydrogen-bond donors (Lipinski definition) is 1. The average molecular weight is 381 g/mol. The first-order valence-electron chi connectivity index (χ1n) is 5.13. The molecule has 0 aliphatic carbocycles. The van der Waals surface area contributed by atoms with E-state index >= 15 is 0 Å². The second kappa shape index (κ2) is 5.71. The Morgan fingerprint density at radius 3 is 2.26 bits per heavy atom. The Labute approximate surface area is 129 Å². The molecule has 0 atom stereocenters. The van der Waals surface area contributed by atoms with Gasteiger partial charge < -0.3 is 0 Å². The van der Waals surface area contributed by atoms with Gasteiger partial charge in [-0.05, 0) is 40.2 Å². The zero-order valence-corrected chi connectivity index (χ0v) is 13.3. The average Bonchev–Trinajstić information content (AvgIpc) is 2.35. The number of halogens is 3. The van der Waals surface area contributed by atoms with E-state index in [0.717, 1.165) is 0 Å². The summed E-state index contributed by atoms with van der Waals surface area (Å²) >= 11 is 15.0. The summed E-state index contributed by atoms with van der Waals surface area (Å²) in [5.74, 6) is 0. The van der Waals surface area contributed by atoms with Crippen molar-refractivity contribution in [1.82, 2.24) is 0 Å². The molecule has 19 heavy (non-hydrogen) atoms. The van der Waals surface area contributed by atoms with Crippen LogP contribution >= 0.6 is 39.1 Å². The molecule has 0 aromatic heterocycles. The van der Waals surface area contributed by atoms with Gasteiger partial charge in [-0.2, -0.15) is 0 Å². The third-order valence-electron chi connectivity index (χ3n) is 2.32. The van der Waals surface area contributed by atoms with Crippen molar-refractivity contribution in [1.29, 1.82) is 0 Å². The lowest BCUT2D eigenvalue weighted by atomic mass is 10.3. The summed E-state index contributed by atoms with van der Waals surface area (Å²) in [5, 5.41) is 0.576. The summed E-state index contributed by atoms with van der Waals surface area (Å²) in [5.41, 5.74) is 0.354. The van der Waals surface area contributed by atoms with Crippen LogP contribution in [-0.4, -0.2) is 8.42 Å². The van der Waals surface area contributed by atoms with Gasteiger partial charge in [0, 0.05) is 0 Å². The molecule has 2 rings (SSSR count). The Kier molecular flexibility index (Phi) is 4.40. The molecule has 0 aliphatic heterocycles. The maximum atomic E-state index is 12.2. The van der Waals surface area contributed by atoms with Crippen molar-refractivity contribution in [2.45, 2.75) is 4.90 Å². The van der Waals surface area contributed by atoms with Gasteiger partial charge >= 0.3 is 0 Å². The molecular formula is C12H8BrCl2NO2S. The number of nitrogens with one attached hydrogen (secondary N) is 1. The predicted molar refractivity (Wildman–Crippen MR) is 81.4 cm³/mol. The Morgan fingerprint density at radius 2 is 1.58 bits per heavy atom. The molecule has 7 heteroatoms. The van der Waals surface area contributed by atoms with Gasteiger partial charge in [0.2, 0.25) is 0 Å². The topological polar surface area (TPSA) is 46.2 Å². The second-order valence-corrected chi connectivity index (χ2v) is 6.90. The van der Waals surface area contributed by atoms with E-state index in [2.05, 4.69) is 20.7 Å². The first kappa shape index (κ1) is 14.7. The summed E-state index contributed by atoms with van der Waals surface area (Å²) in [4.78, 5) is 0.0172. The Hall–Kier alpha value is -0.750. The van der Waals surface area contributed by atoms with Gasteiger partial charge in [-0.1, -0.05) is 41.4 Å². The van der Waals surface area contributed by atoms with Crippen molar-refractivity contribution in [3.63, 3.8) is 0 Å². The third kappa shape index (κ3) is 3.23. The van der Waals surface area contributed by atoms with E-state index in [4.69, 9.17) is 23.2 Å². The highest BCUT2D eigenvalue weighted by Crippen LogP contribution is 2.32. The molecule has 0 saturated carbocycles. The third-order valence-corrected chi connectivity index (χ3v) is 5.58. The predicted octanol–water partition coefficient (Wildman–Crippen LogP) is 4.56. The van der Waals surface area contributed by atoms with Crippen molar-refractivity contribution in [3.05, 3.63) is 57.0 Å². The zero-order valence-electron chi connectivity index (χ0n) is 9.40. The Balaban J connectivity index is 2.43. The minimum Gasteiger partial charge on any atom is -0.278 e. The number of hydrogen-bond acceptors (Lipinski definition) is 2. The van der Waals surface area contributed by atoms with Crippen LogP contribution in [0.1, 0.15) is 0 Å². The van der Waals surface area contributed by atoms with Crippen LogP contribution in [-0.2, 0) is 10.0 Å². The highest BCUT2D eigenvalue weighted by Gasteiger charge is 2.19. The Morgan fingerprint density at radius 1 is 0.947 bits per heavy atom. The summed E-state index contributed by atoms with van der Waals surface area (Å²) in [6, 6.07) is 11.1. The monoisotopic (exact) mass is 379 g/mol. The molecule has 0 amide bonds. The van der Waals surface area contributed by atoms with Gasteiger partial charge in [-0.15, -0.1) is 0 Å². The summed E-state index contributed by atoms with van der Waals surface area (Å²) in [6.07, 6.45) is 0. The first-order valence-corrected chi connectivity index (χ1v) is 8.16. The van der Waals surface area contributed by atoms with Crippen molar-refractivity contribution in [2.24, 2.45) is 0 Å². The molecule has 2 aromatic carbocycles. The number of anilines is 1. The fraction of sp³-hybridized carbons (Fsp3) is 0. The molecule has 0 heterocycles. The molecule has 2 aromatic rings. The lowest BCUT2D eigenvalue weighted by molar-refractivity contribution is 0.601. The summed E-state index contributed by atoms with van der Waals surface area (Å²) in [6.45, 7) is 0. The SMILES string of the molecule is O=S(=O)(Nc1cccc(Cl)c1Br)c1ccccc1Cl. The zero-order chi connectivity index (χ0) is 14.0. The van der Waals surface area contributed by atoms with Crippen molar-refractivity contribution >= 4 is 54.8 Å². The lowest BCUT2D eigenvalue weighted by Gasteiger charge is -2.11. The van der Waals surface area contributed by atoms with Crippen LogP contribution in [0.4, 0.5) is 5.69 Å². The van der Waals surface area contributed by atoms with E-state index < -0.39 is 10.0 Å². The van der Waals surface area contributed by atoms with Gasteiger partial charge in [-0.25, -0.2) is 8.42 Å². The summed E-state index contributed by atoms with van der Waals surface area (Å²) < 4.78 is 27.4. The quantitative estimate of drug-likeness (QED) is 0.848. The molecule has 3 nitrogen and oxygen atoms in total. The fourth-order valence-electron chi connectivity index (χ4n) is 1.45. The van der Waals surface area contributed by atoms with Gasteiger partial charge in [-0.3, -0.25) is 4.72 Å². The minimum absolute atomic E-state index is 0.0172. The second-order valence-electron chi connectivity index (χ2n) is 3.64. The first-order chi connectivity index (χ1) is 8.92. The molecule has 0 aliphatic rings. The van der Waals surface area contributed by atoms with Crippen LogP contribution in [0.2, 0.25) is 10.0 Å². The van der Waals surface area contributed by atoms with Crippen LogP contribution < -0.4 is 4.72 Å². The maximum Gasteiger partial charge on any atom is 0.263 e. The molecule has 0 saturated heterocycles. The highest BCUT2D eigenvalue weighted by atomic mass is 79.9. The molecule has 0 fully saturated rings. The molecule has 100 valence electrons. The minimum atomic E-state index is -3.75. The van der Waals surface area contributed by atoms with Crippen LogP contribution in [0.25, 0.3) is 0 Å². The fourth-order valence-corrected chi connectivity index (χ4v) is 3.71. The van der Waals surface area contributed by atoms with Crippen LogP contribution in [0.3, 0.4) is 0 Å². The number of rotatable bonds is 3. The standard InChI is InChI=1S/C12H8BrCl2NO2S/c13-12-9(15)5-3-6-10(12)16-19(17,18)11-7-2-1-4-8(11)14/h1-7,16H. The van der Waals surface area contributed by atoms with E-state index in [1.165, 1.54) is 12.1 Å². The molecule has 1 N–H and O–H groups in total. The van der Waals surface area contributed by atoms with E-state index in [9.17, 15) is 8.42 Å². The highest BCUT2D eigenvalue weighted by molar-refractivity contribution is 9.10. The van der Waals surface area contributed by atoms with Crippen LogP contribution in [0.15, 0.2) is 51.8 Å². The van der Waals surface area contributed by atoms with Gasteiger partial charge in [0.1, 0.15) is 4.90 Å². The van der Waals surface area contributed by atoms with Crippen LogP contribution in [0, 0.1) is 0 Å². The van der Waals surface area contributed by atoms with E-state index in [0.29, 0.717) is 15.2 Å². The van der Waals surface area contributed by atoms with Gasteiger partial charge in [0.05, 0.1) is 20.2 Å². The van der Waals surface area contributed by atoms with E-state index in [1.54, 1.807) is 30.3 Å². The largest absolute Gasteiger partial charge is 0.278 e. The maximum absolute atomic E-state index is 12.2.